The van der Waals surface area contributed by atoms with Crippen LogP contribution >= 0.6 is 11.8 Å². The number of nitriles is 1. The van der Waals surface area contributed by atoms with Crippen LogP contribution in [0.1, 0.15) is 11.3 Å². The van der Waals surface area contributed by atoms with E-state index in [-0.39, 0.29) is 11.7 Å². The summed E-state index contributed by atoms with van der Waals surface area (Å²) in [6.45, 7) is 1.76. The van der Waals surface area contributed by atoms with Crippen molar-refractivity contribution >= 4 is 34.4 Å². The van der Waals surface area contributed by atoms with Gasteiger partial charge in [0.25, 0.3) is 0 Å². The molecule has 0 fully saturated rings. The Hall–Kier alpha value is -3.12. The Morgan fingerprint density at radius 1 is 1.52 bits per heavy atom. The number of anilines is 1. The number of pyridine rings is 1. The average Bonchev–Trinajstić information content (AvgIpc) is 3.01. The van der Waals surface area contributed by atoms with E-state index in [4.69, 9.17) is 5.26 Å². The van der Waals surface area contributed by atoms with Crippen molar-refractivity contribution in [1.29, 1.82) is 5.26 Å². The van der Waals surface area contributed by atoms with Gasteiger partial charge in [-0.15, -0.1) is 0 Å². The first-order valence-corrected chi connectivity index (χ1v) is 8.13. The Morgan fingerprint density at radius 2 is 2.32 bits per heavy atom. The summed E-state index contributed by atoms with van der Waals surface area (Å²) in [5.74, 6) is -1.55. The molecule has 0 saturated heterocycles. The van der Waals surface area contributed by atoms with Crippen molar-refractivity contribution in [3.8, 4) is 11.8 Å². The van der Waals surface area contributed by atoms with Crippen LogP contribution in [0.2, 0.25) is 0 Å². The molecular weight excluding hydrogens is 345 g/mol. The lowest BCUT2D eigenvalue weighted by atomic mass is 10.2. The number of aromatic hydroxyl groups is 1. The van der Waals surface area contributed by atoms with Crippen LogP contribution in [0.15, 0.2) is 29.6 Å². The Labute approximate surface area is 145 Å². The fraction of sp³-hybridized carbons (Fsp3) is 0.125. The zero-order valence-electron chi connectivity index (χ0n) is 13.0. The smallest absolute Gasteiger partial charge is 0.234 e. The number of aromatic amines is 1. The fourth-order valence-electron chi connectivity index (χ4n) is 2.18. The lowest BCUT2D eigenvalue weighted by molar-refractivity contribution is -0.113. The number of carbonyl (C=O) groups is 1. The van der Waals surface area contributed by atoms with Crippen molar-refractivity contribution in [1.82, 2.24) is 15.0 Å². The molecule has 9 heteroatoms. The number of halogens is 1. The maximum absolute atomic E-state index is 13.0. The second kappa shape index (κ2) is 6.78. The first-order valence-electron chi connectivity index (χ1n) is 7.14. The molecule has 0 aliphatic carbocycles. The third kappa shape index (κ3) is 3.54. The monoisotopic (exact) mass is 357 g/mol. The summed E-state index contributed by atoms with van der Waals surface area (Å²) in [5, 5.41) is 21.4. The number of rotatable bonds is 4. The fourth-order valence-corrected chi connectivity index (χ4v) is 2.86. The molecule has 3 aromatic rings. The van der Waals surface area contributed by atoms with Crippen molar-refractivity contribution in [2.75, 3.05) is 11.1 Å². The topological polar surface area (TPSA) is 115 Å². The van der Waals surface area contributed by atoms with Crippen LogP contribution in [-0.4, -0.2) is 31.7 Å². The van der Waals surface area contributed by atoms with Gasteiger partial charge in [-0.3, -0.25) is 4.79 Å². The third-order valence-electron chi connectivity index (χ3n) is 3.42. The van der Waals surface area contributed by atoms with Crippen molar-refractivity contribution in [2.45, 2.75) is 12.1 Å². The van der Waals surface area contributed by atoms with E-state index in [9.17, 15) is 14.3 Å². The van der Waals surface area contributed by atoms with Gasteiger partial charge in [-0.25, -0.2) is 14.4 Å². The molecule has 2 aromatic heterocycles. The zero-order chi connectivity index (χ0) is 18.0. The molecule has 0 saturated carbocycles. The molecule has 25 heavy (non-hydrogen) atoms. The van der Waals surface area contributed by atoms with Crippen LogP contribution in [0.5, 0.6) is 5.75 Å². The van der Waals surface area contributed by atoms with Gasteiger partial charge in [0.05, 0.1) is 23.0 Å². The molecule has 126 valence electrons. The molecule has 0 aliphatic rings. The highest BCUT2D eigenvalue weighted by molar-refractivity contribution is 7.99. The molecule has 3 rings (SSSR count). The highest BCUT2D eigenvalue weighted by atomic mass is 32.2. The van der Waals surface area contributed by atoms with Crippen LogP contribution in [-0.2, 0) is 4.79 Å². The normalized spacial score (nSPS) is 10.6. The highest BCUT2D eigenvalue weighted by Crippen LogP contribution is 2.23. The van der Waals surface area contributed by atoms with Gasteiger partial charge in [-0.2, -0.15) is 5.26 Å². The number of thioether (sulfide) groups is 1. The number of amides is 1. The lowest BCUT2D eigenvalue weighted by Crippen LogP contribution is -2.14. The number of benzene rings is 1. The number of fused-ring (bicyclic) bond motifs is 1. The minimum Gasteiger partial charge on any atom is -0.505 e. The van der Waals surface area contributed by atoms with E-state index in [1.165, 1.54) is 24.0 Å². The maximum Gasteiger partial charge on any atom is 0.234 e. The number of carbonyl (C=O) groups excluding carboxylic acids is 1. The van der Waals surface area contributed by atoms with Crippen LogP contribution < -0.4 is 5.32 Å². The van der Waals surface area contributed by atoms with E-state index in [0.717, 1.165) is 12.1 Å². The van der Waals surface area contributed by atoms with E-state index in [1.54, 1.807) is 6.92 Å². The minimum absolute atomic E-state index is 0.0650. The van der Waals surface area contributed by atoms with Gasteiger partial charge in [0, 0.05) is 17.3 Å². The Morgan fingerprint density at radius 3 is 3.04 bits per heavy atom. The van der Waals surface area contributed by atoms with Gasteiger partial charge in [0.2, 0.25) is 5.91 Å². The highest BCUT2D eigenvalue weighted by Gasteiger charge is 2.12. The first kappa shape index (κ1) is 16.7. The predicted octanol–water partition coefficient (Wildman–Crippen LogP) is 2.71. The van der Waals surface area contributed by atoms with E-state index >= 15 is 0 Å². The summed E-state index contributed by atoms with van der Waals surface area (Å²) in [4.78, 5) is 23.4. The Balaban J connectivity index is 1.68. The predicted molar refractivity (Wildman–Crippen MR) is 90.8 cm³/mol. The van der Waals surface area contributed by atoms with Gasteiger partial charge in [-0.1, -0.05) is 11.8 Å². The number of nitrogens with one attached hydrogen (secondary N) is 2. The number of phenols is 1. The maximum atomic E-state index is 13.0. The largest absolute Gasteiger partial charge is 0.505 e. The molecule has 0 atom stereocenters. The standard InChI is InChI=1S/C16H12FN5O2S/c1-8-11(5-18)19-6-12-15(8)22-16(21-12)25-7-14(24)20-9-2-3-10(17)13(23)4-9/h2-4,6,23H,7H2,1H3,(H,20,24)(H,21,22). The molecule has 2 heterocycles. The summed E-state index contributed by atoms with van der Waals surface area (Å²) < 4.78 is 13.0. The molecular formula is C16H12FN5O2S. The van der Waals surface area contributed by atoms with Crippen LogP contribution in [0.25, 0.3) is 11.0 Å². The zero-order valence-corrected chi connectivity index (χ0v) is 13.8. The average molecular weight is 357 g/mol. The lowest BCUT2D eigenvalue weighted by Gasteiger charge is -2.05. The van der Waals surface area contributed by atoms with Crippen molar-refractivity contribution in [3.63, 3.8) is 0 Å². The number of H-pyrrole nitrogens is 1. The van der Waals surface area contributed by atoms with Gasteiger partial charge >= 0.3 is 0 Å². The van der Waals surface area contributed by atoms with E-state index in [1.807, 2.05) is 6.07 Å². The second-order valence-corrected chi connectivity index (χ2v) is 6.11. The first-order chi connectivity index (χ1) is 12.0. The molecule has 0 unspecified atom stereocenters. The van der Waals surface area contributed by atoms with E-state index < -0.39 is 11.6 Å². The minimum atomic E-state index is -0.754. The molecule has 0 spiro atoms. The van der Waals surface area contributed by atoms with E-state index in [2.05, 4.69) is 20.3 Å². The number of aromatic nitrogens is 3. The summed E-state index contributed by atoms with van der Waals surface area (Å²) in [5.41, 5.74) is 2.60. The van der Waals surface area contributed by atoms with Gasteiger partial charge in [0.15, 0.2) is 16.7 Å². The summed E-state index contributed by atoms with van der Waals surface area (Å²) in [7, 11) is 0. The van der Waals surface area contributed by atoms with Crippen molar-refractivity contribution < 1.29 is 14.3 Å². The quantitative estimate of drug-likeness (QED) is 0.619. The number of hydrogen-bond donors (Lipinski definition) is 3. The van der Waals surface area contributed by atoms with E-state index in [0.29, 0.717) is 33.1 Å². The van der Waals surface area contributed by atoms with Crippen molar-refractivity contribution in [3.05, 3.63) is 41.5 Å². The molecule has 1 amide bonds. The molecule has 1 aromatic carbocycles. The second-order valence-electron chi connectivity index (χ2n) is 5.15. The van der Waals surface area contributed by atoms with Gasteiger partial charge < -0.3 is 15.4 Å². The van der Waals surface area contributed by atoms with Crippen LogP contribution in [0, 0.1) is 24.1 Å². The molecule has 0 radical (unpaired) electrons. The Kier molecular flexibility index (Phi) is 4.54. The van der Waals surface area contributed by atoms with Crippen LogP contribution in [0.4, 0.5) is 10.1 Å². The Bertz CT molecular complexity index is 1010. The molecule has 0 aliphatic heterocycles. The summed E-state index contributed by atoms with van der Waals surface area (Å²) in [6.07, 6.45) is 1.53. The SMILES string of the molecule is Cc1c(C#N)ncc2[nH]c(SCC(=O)Nc3ccc(F)c(O)c3)nc12. The molecule has 0 bridgehead atoms. The van der Waals surface area contributed by atoms with Gasteiger partial charge in [0.1, 0.15) is 11.8 Å². The number of hydrogen-bond acceptors (Lipinski definition) is 6. The number of imidazole rings is 1. The number of phenolic OH excluding ortho intramolecular Hbond substituents is 1. The molecule has 3 N–H and O–H groups in total. The van der Waals surface area contributed by atoms with Crippen LogP contribution in [0.3, 0.4) is 0 Å². The third-order valence-corrected chi connectivity index (χ3v) is 4.29. The summed E-state index contributed by atoms with van der Waals surface area (Å²) >= 11 is 1.18. The molecule has 7 nitrogen and oxygen atoms in total. The van der Waals surface area contributed by atoms with Crippen molar-refractivity contribution in [2.24, 2.45) is 0 Å². The summed E-state index contributed by atoms with van der Waals surface area (Å²) in [6, 6.07) is 5.56. The number of nitrogens with zero attached hydrogens (tertiary/aromatic N) is 3. The van der Waals surface area contributed by atoms with Gasteiger partial charge in [-0.05, 0) is 19.1 Å². The number of aryl methyl sites for hydroxylation is 1.